The predicted octanol–water partition coefficient (Wildman–Crippen LogP) is 5.76. The summed E-state index contributed by atoms with van der Waals surface area (Å²) in [6, 6.07) is 23.8. The van der Waals surface area contributed by atoms with Gasteiger partial charge in [0.05, 0.1) is 6.10 Å². The lowest BCUT2D eigenvalue weighted by Crippen LogP contribution is -2.31. The van der Waals surface area contributed by atoms with Gasteiger partial charge in [-0.2, -0.15) is 0 Å². The number of aryl methyl sites for hydroxylation is 2. The molecule has 2 aliphatic carbocycles. The van der Waals surface area contributed by atoms with Crippen LogP contribution < -0.4 is 0 Å². The van der Waals surface area contributed by atoms with Crippen LogP contribution in [-0.4, -0.2) is 5.11 Å². The highest BCUT2D eigenvalue weighted by atomic mass is 16.3. The van der Waals surface area contributed by atoms with Crippen molar-refractivity contribution in [1.29, 1.82) is 0 Å². The fourth-order valence-corrected chi connectivity index (χ4v) is 5.44. The van der Waals surface area contributed by atoms with Gasteiger partial charge in [-0.15, -0.1) is 0 Å². The van der Waals surface area contributed by atoms with Gasteiger partial charge in [0, 0.05) is 5.41 Å². The first-order valence-corrected chi connectivity index (χ1v) is 10.2. The molecule has 3 aromatic carbocycles. The van der Waals surface area contributed by atoms with Gasteiger partial charge in [0.25, 0.3) is 0 Å². The van der Waals surface area contributed by atoms with Crippen molar-refractivity contribution < 1.29 is 5.11 Å². The van der Waals surface area contributed by atoms with Gasteiger partial charge in [0.2, 0.25) is 0 Å². The number of hydrogen-bond donors (Lipinski definition) is 1. The van der Waals surface area contributed by atoms with E-state index in [0.717, 1.165) is 24.8 Å². The lowest BCUT2D eigenvalue weighted by molar-refractivity contribution is 0.0647. The smallest absolute Gasteiger partial charge is 0.0895 e. The Morgan fingerprint density at radius 2 is 1.68 bits per heavy atom. The zero-order valence-electron chi connectivity index (χ0n) is 16.6. The highest BCUT2D eigenvalue weighted by Crippen LogP contribution is 2.55. The second-order valence-corrected chi connectivity index (χ2v) is 8.60. The molecular formula is C27H26O. The van der Waals surface area contributed by atoms with Gasteiger partial charge in [-0.3, -0.25) is 0 Å². The van der Waals surface area contributed by atoms with Gasteiger partial charge >= 0.3 is 0 Å². The highest BCUT2D eigenvalue weighted by Gasteiger charge is 2.49. The second-order valence-electron chi connectivity index (χ2n) is 8.60. The van der Waals surface area contributed by atoms with Crippen LogP contribution in [0.5, 0.6) is 0 Å². The standard InChI is InChI=1S/C27H26O/c1-18-12-19(2)25-23(13-18)17-27(26(25)28,16-20-8-4-3-5-9-20)24-14-21-10-6-7-11-22(21)15-24/h3-14,26,28H,15-17H2,1-2H3. The first kappa shape index (κ1) is 17.5. The number of fused-ring (bicyclic) bond motifs is 2. The van der Waals surface area contributed by atoms with E-state index < -0.39 is 6.10 Å². The van der Waals surface area contributed by atoms with E-state index in [9.17, 15) is 5.11 Å². The Bertz CT molecular complexity index is 1080. The van der Waals surface area contributed by atoms with Crippen LogP contribution in [0, 0.1) is 19.3 Å². The summed E-state index contributed by atoms with van der Waals surface area (Å²) in [6.45, 7) is 4.30. The first-order chi connectivity index (χ1) is 13.6. The number of aliphatic hydroxyl groups excluding tert-OH is 1. The van der Waals surface area contributed by atoms with Crippen molar-refractivity contribution in [2.45, 2.75) is 39.2 Å². The van der Waals surface area contributed by atoms with Gasteiger partial charge in [0.1, 0.15) is 0 Å². The third kappa shape index (κ3) is 2.65. The molecule has 0 amide bonds. The van der Waals surface area contributed by atoms with E-state index in [1.165, 1.54) is 39.0 Å². The normalized spacial score (nSPS) is 22.7. The lowest BCUT2D eigenvalue weighted by Gasteiger charge is -2.35. The maximum Gasteiger partial charge on any atom is 0.0895 e. The molecule has 0 spiro atoms. The molecule has 1 N–H and O–H groups in total. The quantitative estimate of drug-likeness (QED) is 0.625. The van der Waals surface area contributed by atoms with Crippen molar-refractivity contribution in [3.63, 3.8) is 0 Å². The van der Waals surface area contributed by atoms with E-state index in [4.69, 9.17) is 0 Å². The molecule has 1 nitrogen and oxygen atoms in total. The molecule has 0 aromatic heterocycles. The van der Waals surface area contributed by atoms with Crippen molar-refractivity contribution in [1.82, 2.24) is 0 Å². The second kappa shape index (κ2) is 6.46. The molecule has 140 valence electrons. The van der Waals surface area contributed by atoms with E-state index in [1.807, 2.05) is 0 Å². The number of aliphatic hydroxyl groups is 1. The van der Waals surface area contributed by atoms with E-state index in [1.54, 1.807) is 0 Å². The lowest BCUT2D eigenvalue weighted by atomic mass is 9.70. The van der Waals surface area contributed by atoms with Crippen LogP contribution in [0.4, 0.5) is 0 Å². The molecule has 3 aromatic rings. The molecular weight excluding hydrogens is 340 g/mol. The van der Waals surface area contributed by atoms with Crippen LogP contribution in [0.1, 0.15) is 45.0 Å². The van der Waals surface area contributed by atoms with Crippen molar-refractivity contribution in [3.8, 4) is 0 Å². The Kier molecular flexibility index (Phi) is 4.03. The molecule has 28 heavy (non-hydrogen) atoms. The number of benzene rings is 3. The largest absolute Gasteiger partial charge is 0.387 e. The molecule has 2 unspecified atom stereocenters. The zero-order valence-corrected chi connectivity index (χ0v) is 16.6. The van der Waals surface area contributed by atoms with E-state index in [-0.39, 0.29) is 5.41 Å². The summed E-state index contributed by atoms with van der Waals surface area (Å²) in [7, 11) is 0. The van der Waals surface area contributed by atoms with Crippen molar-refractivity contribution in [2.75, 3.05) is 0 Å². The van der Waals surface area contributed by atoms with Crippen LogP contribution in [0.3, 0.4) is 0 Å². The fraction of sp³-hybridized carbons (Fsp3) is 0.259. The van der Waals surface area contributed by atoms with Crippen LogP contribution in [-0.2, 0) is 19.3 Å². The molecule has 1 heteroatoms. The summed E-state index contributed by atoms with van der Waals surface area (Å²) in [4.78, 5) is 0. The monoisotopic (exact) mass is 366 g/mol. The maximum atomic E-state index is 11.7. The molecule has 2 atom stereocenters. The molecule has 2 aliphatic rings. The summed E-state index contributed by atoms with van der Waals surface area (Å²) >= 11 is 0. The Balaban J connectivity index is 1.64. The minimum Gasteiger partial charge on any atom is -0.387 e. The molecule has 0 fully saturated rings. The van der Waals surface area contributed by atoms with Gasteiger partial charge < -0.3 is 5.11 Å². The van der Waals surface area contributed by atoms with Gasteiger partial charge in [-0.1, -0.05) is 83.9 Å². The van der Waals surface area contributed by atoms with E-state index >= 15 is 0 Å². The molecule has 0 radical (unpaired) electrons. The van der Waals surface area contributed by atoms with E-state index in [2.05, 4.69) is 86.7 Å². The Morgan fingerprint density at radius 3 is 2.46 bits per heavy atom. The van der Waals surface area contributed by atoms with Crippen LogP contribution in [0.15, 0.2) is 72.3 Å². The van der Waals surface area contributed by atoms with Crippen molar-refractivity contribution >= 4 is 6.08 Å². The van der Waals surface area contributed by atoms with Gasteiger partial charge in [-0.25, -0.2) is 0 Å². The Labute approximate surface area is 167 Å². The first-order valence-electron chi connectivity index (χ1n) is 10.2. The predicted molar refractivity (Wildman–Crippen MR) is 115 cm³/mol. The minimum atomic E-state index is -0.469. The van der Waals surface area contributed by atoms with Crippen LogP contribution >= 0.6 is 0 Å². The molecule has 0 aliphatic heterocycles. The average Bonchev–Trinajstić information content (AvgIpc) is 3.23. The summed E-state index contributed by atoms with van der Waals surface area (Å²) in [5.41, 5.74) is 10.0. The minimum absolute atomic E-state index is 0.277. The summed E-state index contributed by atoms with van der Waals surface area (Å²) in [5, 5.41) is 11.7. The van der Waals surface area contributed by atoms with E-state index in [0.29, 0.717) is 0 Å². The maximum absolute atomic E-state index is 11.7. The van der Waals surface area contributed by atoms with Gasteiger partial charge in [0.15, 0.2) is 0 Å². The third-order valence-corrected chi connectivity index (χ3v) is 6.69. The van der Waals surface area contributed by atoms with Crippen LogP contribution in [0.25, 0.3) is 6.08 Å². The molecule has 0 saturated heterocycles. The molecule has 0 bridgehead atoms. The Hall–Kier alpha value is -2.64. The average molecular weight is 367 g/mol. The summed E-state index contributed by atoms with van der Waals surface area (Å²) in [5.74, 6) is 0. The number of rotatable bonds is 3. The number of hydrogen-bond acceptors (Lipinski definition) is 1. The summed E-state index contributed by atoms with van der Waals surface area (Å²) in [6.07, 6.45) is 4.58. The van der Waals surface area contributed by atoms with Crippen molar-refractivity contribution in [3.05, 3.63) is 111 Å². The topological polar surface area (TPSA) is 20.2 Å². The third-order valence-electron chi connectivity index (χ3n) is 6.69. The Morgan fingerprint density at radius 1 is 0.929 bits per heavy atom. The summed E-state index contributed by atoms with van der Waals surface area (Å²) < 4.78 is 0. The molecule has 0 saturated carbocycles. The van der Waals surface area contributed by atoms with Crippen LogP contribution in [0.2, 0.25) is 0 Å². The molecule has 0 heterocycles. The zero-order chi connectivity index (χ0) is 19.3. The molecule has 5 rings (SSSR count). The highest BCUT2D eigenvalue weighted by molar-refractivity contribution is 5.67. The fourth-order valence-electron chi connectivity index (χ4n) is 5.44. The van der Waals surface area contributed by atoms with Gasteiger partial charge in [-0.05, 0) is 66.5 Å². The van der Waals surface area contributed by atoms with Crippen molar-refractivity contribution in [2.24, 2.45) is 5.41 Å². The SMILES string of the molecule is Cc1cc(C)c2c(c1)CC(Cc1ccccc1)(C1=Cc3ccccc3C1)C2O.